The Balaban J connectivity index is 2.46. The highest BCUT2D eigenvalue weighted by atomic mass is 127. The van der Waals surface area contributed by atoms with Gasteiger partial charge in [0.25, 0.3) is 0 Å². The first-order valence-electron chi connectivity index (χ1n) is 4.22. The van der Waals surface area contributed by atoms with E-state index in [-0.39, 0.29) is 5.78 Å². The van der Waals surface area contributed by atoms with E-state index in [4.69, 9.17) is 11.6 Å². The van der Waals surface area contributed by atoms with E-state index >= 15 is 0 Å². The van der Waals surface area contributed by atoms with Crippen LogP contribution in [0.5, 0.6) is 0 Å². The van der Waals surface area contributed by atoms with Gasteiger partial charge in [0.05, 0.1) is 9.90 Å². The number of benzene rings is 1. The highest BCUT2D eigenvalue weighted by Crippen LogP contribution is 2.26. The summed E-state index contributed by atoms with van der Waals surface area (Å²) in [5.74, 6) is 0.000000000000000444. The standard InChI is InChI=1S/C11H6ClIOS/c12-8-5-6-15-11(8)10(14)7-3-1-2-4-9(7)13/h1-6H. The molecule has 0 saturated carbocycles. The zero-order valence-electron chi connectivity index (χ0n) is 7.54. The molecule has 1 nitrogen and oxygen atoms in total. The molecule has 0 N–H and O–H groups in total. The maximum atomic E-state index is 12.1. The molecule has 0 aliphatic heterocycles. The molecule has 0 fully saturated rings. The third kappa shape index (κ3) is 2.24. The second kappa shape index (κ2) is 4.63. The van der Waals surface area contributed by atoms with Gasteiger partial charge >= 0.3 is 0 Å². The zero-order chi connectivity index (χ0) is 10.8. The van der Waals surface area contributed by atoms with Gasteiger partial charge in [0.15, 0.2) is 0 Å². The summed E-state index contributed by atoms with van der Waals surface area (Å²) in [7, 11) is 0. The molecule has 0 aliphatic rings. The van der Waals surface area contributed by atoms with Crippen molar-refractivity contribution in [3.63, 3.8) is 0 Å². The van der Waals surface area contributed by atoms with Crippen LogP contribution in [0.2, 0.25) is 5.02 Å². The molecule has 0 spiro atoms. The largest absolute Gasteiger partial charge is 0.288 e. The summed E-state index contributed by atoms with van der Waals surface area (Å²) >= 11 is 9.45. The SMILES string of the molecule is O=C(c1ccccc1I)c1sccc1Cl. The Morgan fingerprint density at radius 3 is 2.60 bits per heavy atom. The van der Waals surface area contributed by atoms with E-state index in [2.05, 4.69) is 22.6 Å². The van der Waals surface area contributed by atoms with E-state index in [0.717, 1.165) is 3.57 Å². The highest BCUT2D eigenvalue weighted by Gasteiger charge is 2.15. The molecule has 0 bridgehead atoms. The molecule has 15 heavy (non-hydrogen) atoms. The van der Waals surface area contributed by atoms with Crippen LogP contribution in [-0.4, -0.2) is 5.78 Å². The molecule has 0 aliphatic carbocycles. The lowest BCUT2D eigenvalue weighted by atomic mass is 10.1. The van der Waals surface area contributed by atoms with Crippen molar-refractivity contribution in [1.82, 2.24) is 0 Å². The summed E-state index contributed by atoms with van der Waals surface area (Å²) in [5.41, 5.74) is 0.711. The lowest BCUT2D eigenvalue weighted by Crippen LogP contribution is -2.01. The number of carbonyl (C=O) groups excluding carboxylic acids is 1. The first-order valence-corrected chi connectivity index (χ1v) is 6.56. The molecule has 2 aromatic rings. The zero-order valence-corrected chi connectivity index (χ0v) is 11.3. The van der Waals surface area contributed by atoms with Gasteiger partial charge < -0.3 is 0 Å². The molecule has 0 atom stereocenters. The highest BCUT2D eigenvalue weighted by molar-refractivity contribution is 14.1. The summed E-state index contributed by atoms with van der Waals surface area (Å²) in [6.07, 6.45) is 0. The van der Waals surface area contributed by atoms with E-state index in [1.165, 1.54) is 11.3 Å². The number of rotatable bonds is 2. The van der Waals surface area contributed by atoms with Crippen LogP contribution in [-0.2, 0) is 0 Å². The van der Waals surface area contributed by atoms with E-state index in [0.29, 0.717) is 15.5 Å². The third-order valence-electron chi connectivity index (χ3n) is 1.94. The fourth-order valence-electron chi connectivity index (χ4n) is 1.22. The molecule has 4 heteroatoms. The number of halogens is 2. The summed E-state index contributed by atoms with van der Waals surface area (Å²) in [6, 6.07) is 9.25. The fourth-order valence-corrected chi connectivity index (χ4v) is 2.95. The maximum absolute atomic E-state index is 12.1. The molecule has 0 radical (unpaired) electrons. The second-order valence-corrected chi connectivity index (χ2v) is 5.39. The fraction of sp³-hybridized carbons (Fsp3) is 0. The monoisotopic (exact) mass is 348 g/mol. The van der Waals surface area contributed by atoms with E-state index < -0.39 is 0 Å². The van der Waals surface area contributed by atoms with Crippen LogP contribution < -0.4 is 0 Å². The van der Waals surface area contributed by atoms with Crippen molar-refractivity contribution in [2.24, 2.45) is 0 Å². The lowest BCUT2D eigenvalue weighted by Gasteiger charge is -2.01. The molecule has 0 saturated heterocycles. The summed E-state index contributed by atoms with van der Waals surface area (Å²) in [6.45, 7) is 0. The first kappa shape index (κ1) is 11.1. The Morgan fingerprint density at radius 1 is 1.27 bits per heavy atom. The molecule has 1 aromatic heterocycles. The van der Waals surface area contributed by atoms with Crippen molar-refractivity contribution in [3.05, 3.63) is 54.7 Å². The maximum Gasteiger partial charge on any atom is 0.205 e. The van der Waals surface area contributed by atoms with Gasteiger partial charge in [0, 0.05) is 9.13 Å². The minimum absolute atomic E-state index is 0.000000000000000444. The Labute approximate surface area is 110 Å². The second-order valence-electron chi connectivity index (χ2n) is 2.91. The number of hydrogen-bond acceptors (Lipinski definition) is 2. The van der Waals surface area contributed by atoms with E-state index in [9.17, 15) is 4.79 Å². The molecular weight excluding hydrogens is 343 g/mol. The van der Waals surface area contributed by atoms with Gasteiger partial charge in [-0.25, -0.2) is 0 Å². The van der Waals surface area contributed by atoms with E-state index in [1.54, 1.807) is 6.07 Å². The van der Waals surface area contributed by atoms with Gasteiger partial charge in [0.1, 0.15) is 0 Å². The van der Waals surface area contributed by atoms with Gasteiger partial charge in [-0.15, -0.1) is 11.3 Å². The molecule has 0 unspecified atom stereocenters. The molecule has 1 aromatic carbocycles. The van der Waals surface area contributed by atoms with Crippen molar-refractivity contribution in [2.75, 3.05) is 0 Å². The minimum Gasteiger partial charge on any atom is -0.288 e. The smallest absolute Gasteiger partial charge is 0.205 e. The van der Waals surface area contributed by atoms with Crippen LogP contribution in [0.3, 0.4) is 0 Å². The van der Waals surface area contributed by atoms with Gasteiger partial charge in [0.2, 0.25) is 5.78 Å². The average Bonchev–Trinajstić information content (AvgIpc) is 2.64. The minimum atomic E-state index is 0.000000000000000444. The topological polar surface area (TPSA) is 17.1 Å². The van der Waals surface area contributed by atoms with Crippen LogP contribution in [0.25, 0.3) is 0 Å². The third-order valence-corrected chi connectivity index (χ3v) is 4.22. The number of ketones is 1. The van der Waals surface area contributed by atoms with Crippen LogP contribution in [0.4, 0.5) is 0 Å². The Bertz CT molecular complexity index is 507. The Morgan fingerprint density at radius 2 is 2.00 bits per heavy atom. The van der Waals surface area contributed by atoms with Gasteiger partial charge in [-0.1, -0.05) is 23.7 Å². The summed E-state index contributed by atoms with van der Waals surface area (Å²) in [5, 5.41) is 2.36. The predicted octanol–water partition coefficient (Wildman–Crippen LogP) is 4.24. The Hall–Kier alpha value is -0.390. The molecule has 1 heterocycles. The number of hydrogen-bond donors (Lipinski definition) is 0. The first-order chi connectivity index (χ1) is 7.20. The van der Waals surface area contributed by atoms with Crippen LogP contribution in [0.1, 0.15) is 15.2 Å². The van der Waals surface area contributed by atoms with Crippen molar-refractivity contribution in [2.45, 2.75) is 0 Å². The van der Waals surface area contributed by atoms with Gasteiger partial charge in [-0.05, 0) is 46.2 Å². The molecular formula is C11H6ClIOS. The van der Waals surface area contributed by atoms with Gasteiger partial charge in [-0.3, -0.25) is 4.79 Å². The van der Waals surface area contributed by atoms with Crippen LogP contribution in [0.15, 0.2) is 35.7 Å². The Kier molecular flexibility index (Phi) is 3.43. The average molecular weight is 349 g/mol. The molecule has 76 valence electrons. The lowest BCUT2D eigenvalue weighted by molar-refractivity contribution is 0.104. The molecule has 0 amide bonds. The van der Waals surface area contributed by atoms with Crippen molar-refractivity contribution < 1.29 is 4.79 Å². The van der Waals surface area contributed by atoms with Crippen LogP contribution >= 0.6 is 45.5 Å². The molecule has 2 rings (SSSR count). The van der Waals surface area contributed by atoms with Crippen molar-refractivity contribution >= 4 is 51.3 Å². The summed E-state index contributed by atoms with van der Waals surface area (Å²) < 4.78 is 0.949. The predicted molar refractivity (Wildman–Crippen MR) is 71.9 cm³/mol. The quantitative estimate of drug-likeness (QED) is 0.586. The normalized spacial score (nSPS) is 10.3. The number of thiophene rings is 1. The van der Waals surface area contributed by atoms with Crippen LogP contribution in [0, 0.1) is 3.57 Å². The summed E-state index contributed by atoms with van der Waals surface area (Å²) in [4.78, 5) is 12.7. The number of carbonyl (C=O) groups is 1. The van der Waals surface area contributed by atoms with Crippen molar-refractivity contribution in [1.29, 1.82) is 0 Å². The van der Waals surface area contributed by atoms with E-state index in [1.807, 2.05) is 29.6 Å². The van der Waals surface area contributed by atoms with Crippen molar-refractivity contribution in [3.8, 4) is 0 Å². The van der Waals surface area contributed by atoms with Gasteiger partial charge in [-0.2, -0.15) is 0 Å².